The Hall–Kier alpha value is -2.49. The Bertz CT molecular complexity index is 899. The summed E-state index contributed by atoms with van der Waals surface area (Å²) in [4.78, 5) is 27.0. The molecule has 8 nitrogen and oxygen atoms in total. The molecule has 2 aromatic rings. The van der Waals surface area contributed by atoms with Gasteiger partial charge in [-0.1, -0.05) is 0 Å². The molecule has 0 aliphatic carbocycles. The molecule has 0 bridgehead atoms. The van der Waals surface area contributed by atoms with Crippen molar-refractivity contribution in [2.75, 3.05) is 20.6 Å². The van der Waals surface area contributed by atoms with E-state index in [1.165, 1.54) is 23.7 Å². The third-order valence-corrected chi connectivity index (χ3v) is 5.06. The summed E-state index contributed by atoms with van der Waals surface area (Å²) < 4.78 is 30.2. The van der Waals surface area contributed by atoms with Crippen LogP contribution in [0.3, 0.4) is 0 Å². The molecular formula is C18H26F2N6O2. The lowest BCUT2D eigenvalue weighted by atomic mass is 10.1. The van der Waals surface area contributed by atoms with Crippen molar-refractivity contribution in [3.8, 4) is 0 Å². The number of carbonyl (C=O) groups excluding carboxylic acids is 1. The third kappa shape index (κ3) is 4.16. The second-order valence-corrected chi connectivity index (χ2v) is 7.38. The van der Waals surface area contributed by atoms with E-state index in [1.807, 2.05) is 19.0 Å². The van der Waals surface area contributed by atoms with Crippen molar-refractivity contribution >= 4 is 5.91 Å². The van der Waals surface area contributed by atoms with Crippen molar-refractivity contribution in [1.82, 2.24) is 29.1 Å². The number of carbonyl (C=O) groups is 1. The van der Waals surface area contributed by atoms with Crippen molar-refractivity contribution in [2.45, 2.75) is 51.9 Å². The summed E-state index contributed by atoms with van der Waals surface area (Å²) in [5, 5.41) is 7.25. The van der Waals surface area contributed by atoms with E-state index in [9.17, 15) is 18.4 Å². The molecule has 3 heterocycles. The van der Waals surface area contributed by atoms with Crippen LogP contribution >= 0.6 is 0 Å². The van der Waals surface area contributed by atoms with E-state index in [-0.39, 0.29) is 17.4 Å². The Morgan fingerprint density at radius 1 is 1.36 bits per heavy atom. The summed E-state index contributed by atoms with van der Waals surface area (Å²) in [6, 6.07) is 2.70. The lowest BCUT2D eigenvalue weighted by Crippen LogP contribution is -2.37. The van der Waals surface area contributed by atoms with Gasteiger partial charge < -0.3 is 10.2 Å². The van der Waals surface area contributed by atoms with Crippen LogP contribution in [0.25, 0.3) is 0 Å². The second kappa shape index (κ2) is 8.26. The number of aromatic nitrogens is 4. The van der Waals surface area contributed by atoms with Crippen LogP contribution in [0, 0.1) is 6.92 Å². The van der Waals surface area contributed by atoms with Crippen LogP contribution in [0.4, 0.5) is 8.78 Å². The highest BCUT2D eigenvalue weighted by molar-refractivity contribution is 5.93. The summed E-state index contributed by atoms with van der Waals surface area (Å²) in [5.74, 6) is 0.175. The summed E-state index contributed by atoms with van der Waals surface area (Å²) in [5.41, 5.74) is 0.131. The number of halogens is 2. The molecule has 28 heavy (non-hydrogen) atoms. The predicted molar refractivity (Wildman–Crippen MR) is 99.7 cm³/mol. The zero-order valence-corrected chi connectivity index (χ0v) is 16.4. The molecule has 1 N–H and O–H groups in total. The monoisotopic (exact) mass is 396 g/mol. The molecule has 1 aliphatic heterocycles. The minimum Gasteiger partial charge on any atom is -0.348 e. The van der Waals surface area contributed by atoms with Gasteiger partial charge in [0.05, 0.1) is 6.54 Å². The highest BCUT2D eigenvalue weighted by Crippen LogP contribution is 2.19. The average molecular weight is 396 g/mol. The first kappa shape index (κ1) is 20.2. The van der Waals surface area contributed by atoms with Gasteiger partial charge in [0.2, 0.25) is 0 Å². The molecule has 0 fully saturated rings. The van der Waals surface area contributed by atoms with Crippen LogP contribution in [-0.2, 0) is 19.5 Å². The van der Waals surface area contributed by atoms with Gasteiger partial charge in [-0.05, 0) is 46.0 Å². The zero-order valence-electron chi connectivity index (χ0n) is 16.4. The fraction of sp³-hybridized carbons (Fsp3) is 0.611. The molecule has 1 aliphatic rings. The number of nitrogens with zero attached hydrogens (tertiary/aromatic N) is 5. The van der Waals surface area contributed by atoms with E-state index in [0.717, 1.165) is 11.1 Å². The zero-order chi connectivity index (χ0) is 20.4. The van der Waals surface area contributed by atoms with Gasteiger partial charge in [-0.15, -0.1) is 0 Å². The maximum absolute atomic E-state index is 13.2. The standard InChI is InChI=1S/C18H26F2N6O2/c1-12-4-6-14(26(12)17(19)20)16(27)21-13-5-7-15-22-25(11-10-23(2)3)18(28)24(15)9-8-13/h4,6,13,17H,5,7-11H2,1-3H3,(H,21,27). The van der Waals surface area contributed by atoms with Gasteiger partial charge in [0.1, 0.15) is 11.5 Å². The van der Waals surface area contributed by atoms with Gasteiger partial charge in [0.15, 0.2) is 0 Å². The molecule has 1 atom stereocenters. The summed E-state index contributed by atoms with van der Waals surface area (Å²) in [6.45, 7) is 0.453. The van der Waals surface area contributed by atoms with Gasteiger partial charge >= 0.3 is 12.2 Å². The molecule has 3 rings (SSSR count). The van der Waals surface area contributed by atoms with Gasteiger partial charge in [0.25, 0.3) is 5.91 Å². The fourth-order valence-electron chi connectivity index (χ4n) is 3.47. The topological polar surface area (TPSA) is 77.1 Å². The van der Waals surface area contributed by atoms with Crippen LogP contribution in [-0.4, -0.2) is 56.4 Å². The van der Waals surface area contributed by atoms with Gasteiger partial charge in [0, 0.05) is 31.2 Å². The number of likely N-dealkylation sites (N-methyl/N-ethyl adjacent to an activating group) is 1. The summed E-state index contributed by atoms with van der Waals surface area (Å²) in [7, 11) is 3.87. The second-order valence-electron chi connectivity index (χ2n) is 7.38. The smallest absolute Gasteiger partial charge is 0.345 e. The van der Waals surface area contributed by atoms with Crippen LogP contribution in [0.2, 0.25) is 0 Å². The van der Waals surface area contributed by atoms with Crippen molar-refractivity contribution in [3.05, 3.63) is 39.8 Å². The van der Waals surface area contributed by atoms with E-state index in [2.05, 4.69) is 10.4 Å². The molecule has 10 heteroatoms. The number of hydrogen-bond donors (Lipinski definition) is 1. The van der Waals surface area contributed by atoms with Gasteiger partial charge in [-0.2, -0.15) is 13.9 Å². The lowest BCUT2D eigenvalue weighted by Gasteiger charge is -2.17. The molecule has 0 saturated carbocycles. The molecule has 2 aromatic heterocycles. The molecule has 0 radical (unpaired) electrons. The highest BCUT2D eigenvalue weighted by Gasteiger charge is 2.25. The maximum atomic E-state index is 13.2. The maximum Gasteiger partial charge on any atom is 0.345 e. The number of hydrogen-bond acceptors (Lipinski definition) is 4. The Balaban J connectivity index is 1.66. The van der Waals surface area contributed by atoms with Gasteiger partial charge in [-0.3, -0.25) is 13.9 Å². The van der Waals surface area contributed by atoms with Crippen LogP contribution in [0.15, 0.2) is 16.9 Å². The van der Waals surface area contributed by atoms with E-state index in [0.29, 0.717) is 43.9 Å². The van der Waals surface area contributed by atoms with Crippen LogP contribution in [0.1, 0.15) is 41.4 Å². The number of nitrogens with one attached hydrogen (secondary N) is 1. The van der Waals surface area contributed by atoms with Crippen LogP contribution in [0.5, 0.6) is 0 Å². The average Bonchev–Trinajstić information content (AvgIpc) is 3.08. The number of amides is 1. The minimum absolute atomic E-state index is 0.0551. The number of fused-ring (bicyclic) bond motifs is 1. The normalized spacial score (nSPS) is 17.0. The number of alkyl halides is 2. The van der Waals surface area contributed by atoms with E-state index in [1.54, 1.807) is 4.57 Å². The number of aryl methyl sites for hydroxylation is 2. The Labute approximate surface area is 161 Å². The Kier molecular flexibility index (Phi) is 5.97. The SMILES string of the molecule is Cc1ccc(C(=O)NC2CCc3nn(CCN(C)C)c(=O)n3CC2)n1C(F)F. The van der Waals surface area contributed by atoms with E-state index in [4.69, 9.17) is 0 Å². The Morgan fingerprint density at radius 2 is 2.11 bits per heavy atom. The first-order chi connectivity index (χ1) is 13.3. The largest absolute Gasteiger partial charge is 0.348 e. The van der Waals surface area contributed by atoms with E-state index < -0.39 is 12.5 Å². The number of rotatable bonds is 6. The molecule has 0 saturated heterocycles. The lowest BCUT2D eigenvalue weighted by molar-refractivity contribution is 0.0613. The molecular weight excluding hydrogens is 370 g/mol. The van der Waals surface area contributed by atoms with Crippen LogP contribution < -0.4 is 11.0 Å². The van der Waals surface area contributed by atoms with Crippen molar-refractivity contribution in [2.24, 2.45) is 0 Å². The fourth-order valence-corrected chi connectivity index (χ4v) is 3.47. The Morgan fingerprint density at radius 3 is 2.79 bits per heavy atom. The molecule has 154 valence electrons. The quantitative estimate of drug-likeness (QED) is 0.797. The molecule has 0 aromatic carbocycles. The first-order valence-electron chi connectivity index (χ1n) is 9.36. The molecule has 0 spiro atoms. The first-order valence-corrected chi connectivity index (χ1v) is 9.36. The van der Waals surface area contributed by atoms with Crippen molar-refractivity contribution in [1.29, 1.82) is 0 Å². The highest BCUT2D eigenvalue weighted by atomic mass is 19.3. The summed E-state index contributed by atoms with van der Waals surface area (Å²) >= 11 is 0. The summed E-state index contributed by atoms with van der Waals surface area (Å²) in [6.07, 6.45) is 1.70. The van der Waals surface area contributed by atoms with E-state index >= 15 is 0 Å². The molecule has 1 amide bonds. The van der Waals surface area contributed by atoms with Gasteiger partial charge in [-0.25, -0.2) is 9.48 Å². The minimum atomic E-state index is -2.77. The third-order valence-electron chi connectivity index (χ3n) is 5.06. The molecule has 1 unspecified atom stereocenters. The van der Waals surface area contributed by atoms with Crippen molar-refractivity contribution in [3.63, 3.8) is 0 Å². The van der Waals surface area contributed by atoms with Crippen molar-refractivity contribution < 1.29 is 13.6 Å². The predicted octanol–water partition coefficient (Wildman–Crippen LogP) is 1.25.